The van der Waals surface area contributed by atoms with Gasteiger partial charge in [0.05, 0.1) is 22.7 Å². The first-order valence-corrected chi connectivity index (χ1v) is 8.21. The standard InChI is InChI=1S/C12H13FN2O3S2/c13-12-2-1-11(5-9(12)6-16)20(17,18)15-4-3-10-7-19-8-14-10/h1-2,5,7-8,15-16H,3-4,6H2. The van der Waals surface area contributed by atoms with E-state index in [4.69, 9.17) is 5.11 Å². The van der Waals surface area contributed by atoms with E-state index < -0.39 is 22.4 Å². The highest BCUT2D eigenvalue weighted by molar-refractivity contribution is 7.89. The average Bonchev–Trinajstić information content (AvgIpc) is 2.92. The lowest BCUT2D eigenvalue weighted by Crippen LogP contribution is -2.26. The highest BCUT2D eigenvalue weighted by Crippen LogP contribution is 2.15. The molecule has 0 aliphatic carbocycles. The van der Waals surface area contributed by atoms with E-state index >= 15 is 0 Å². The molecular formula is C12H13FN2O3S2. The van der Waals surface area contributed by atoms with Gasteiger partial charge in [-0.05, 0) is 18.2 Å². The second-order valence-corrected chi connectivity index (χ2v) is 6.52. The van der Waals surface area contributed by atoms with Crippen LogP contribution in [-0.2, 0) is 23.1 Å². The SMILES string of the molecule is O=S(=O)(NCCc1cscn1)c1ccc(F)c(CO)c1. The molecule has 0 saturated heterocycles. The molecule has 2 N–H and O–H groups in total. The predicted octanol–water partition coefficient (Wildman–Crippen LogP) is 1.30. The zero-order valence-corrected chi connectivity index (χ0v) is 12.0. The number of hydrogen-bond donors (Lipinski definition) is 2. The molecule has 20 heavy (non-hydrogen) atoms. The molecule has 1 heterocycles. The Labute approximate surface area is 120 Å². The van der Waals surface area contributed by atoms with Gasteiger partial charge in [-0.3, -0.25) is 0 Å². The Morgan fingerprint density at radius 3 is 2.85 bits per heavy atom. The summed E-state index contributed by atoms with van der Waals surface area (Å²) in [6.45, 7) is -0.341. The fraction of sp³-hybridized carbons (Fsp3) is 0.250. The van der Waals surface area contributed by atoms with Gasteiger partial charge < -0.3 is 5.11 Å². The number of aliphatic hydroxyl groups excluding tert-OH is 1. The van der Waals surface area contributed by atoms with Gasteiger partial charge in [0.15, 0.2) is 0 Å². The first-order chi connectivity index (χ1) is 9.53. The maximum Gasteiger partial charge on any atom is 0.240 e. The molecule has 2 rings (SSSR count). The Bertz CT molecular complexity index is 672. The molecule has 2 aromatic rings. The lowest BCUT2D eigenvalue weighted by atomic mass is 10.2. The number of aromatic nitrogens is 1. The minimum absolute atomic E-state index is 0.0487. The number of nitrogens with one attached hydrogen (secondary N) is 1. The summed E-state index contributed by atoms with van der Waals surface area (Å²) < 4.78 is 39.6. The van der Waals surface area contributed by atoms with Crippen molar-refractivity contribution in [3.8, 4) is 0 Å². The van der Waals surface area contributed by atoms with Crippen LogP contribution in [0.25, 0.3) is 0 Å². The summed E-state index contributed by atoms with van der Waals surface area (Å²) in [7, 11) is -3.72. The molecule has 0 amide bonds. The van der Waals surface area contributed by atoms with Crippen molar-refractivity contribution in [3.05, 3.63) is 46.2 Å². The van der Waals surface area contributed by atoms with Gasteiger partial charge in [-0.2, -0.15) is 0 Å². The maximum absolute atomic E-state index is 13.2. The molecule has 0 unspecified atom stereocenters. The molecule has 8 heteroatoms. The van der Waals surface area contributed by atoms with Gasteiger partial charge in [-0.15, -0.1) is 11.3 Å². The lowest BCUT2D eigenvalue weighted by Gasteiger charge is -2.07. The number of nitrogens with zero attached hydrogens (tertiary/aromatic N) is 1. The largest absolute Gasteiger partial charge is 0.392 e. The molecular weight excluding hydrogens is 303 g/mol. The van der Waals surface area contributed by atoms with Crippen molar-refractivity contribution >= 4 is 21.4 Å². The minimum atomic E-state index is -3.72. The topological polar surface area (TPSA) is 79.3 Å². The van der Waals surface area contributed by atoms with E-state index in [-0.39, 0.29) is 17.0 Å². The molecule has 0 fully saturated rings. The number of rotatable bonds is 6. The van der Waals surface area contributed by atoms with Crippen molar-refractivity contribution in [2.75, 3.05) is 6.54 Å². The van der Waals surface area contributed by atoms with Crippen LogP contribution in [0.1, 0.15) is 11.3 Å². The van der Waals surface area contributed by atoms with Crippen LogP contribution < -0.4 is 4.72 Å². The van der Waals surface area contributed by atoms with Crippen molar-refractivity contribution in [3.63, 3.8) is 0 Å². The fourth-order valence-electron chi connectivity index (χ4n) is 1.60. The van der Waals surface area contributed by atoms with Gasteiger partial charge in [0, 0.05) is 23.9 Å². The summed E-state index contributed by atoms with van der Waals surface area (Å²) in [6, 6.07) is 3.32. The summed E-state index contributed by atoms with van der Waals surface area (Å²) in [5.74, 6) is -0.631. The molecule has 5 nitrogen and oxygen atoms in total. The van der Waals surface area contributed by atoms with Gasteiger partial charge in [-0.25, -0.2) is 22.5 Å². The van der Waals surface area contributed by atoms with Gasteiger partial charge >= 0.3 is 0 Å². The monoisotopic (exact) mass is 316 g/mol. The molecule has 0 radical (unpaired) electrons. The Balaban J connectivity index is 2.06. The van der Waals surface area contributed by atoms with Gasteiger partial charge in [-0.1, -0.05) is 0 Å². The van der Waals surface area contributed by atoms with Crippen molar-refractivity contribution in [2.24, 2.45) is 0 Å². The average molecular weight is 316 g/mol. The van der Waals surface area contributed by atoms with E-state index in [1.807, 2.05) is 5.38 Å². The minimum Gasteiger partial charge on any atom is -0.392 e. The maximum atomic E-state index is 13.2. The Morgan fingerprint density at radius 1 is 1.40 bits per heavy atom. The molecule has 1 aromatic heterocycles. The molecule has 0 bridgehead atoms. The Kier molecular flexibility index (Phi) is 4.81. The first kappa shape index (κ1) is 15.0. The normalized spacial score (nSPS) is 11.7. The van der Waals surface area contributed by atoms with Crippen LogP contribution in [0.5, 0.6) is 0 Å². The van der Waals surface area contributed by atoms with Gasteiger partial charge in [0.1, 0.15) is 5.82 Å². The third-order valence-electron chi connectivity index (χ3n) is 2.65. The number of sulfonamides is 1. The molecule has 0 aliphatic heterocycles. The zero-order chi connectivity index (χ0) is 14.6. The van der Waals surface area contributed by atoms with Crippen LogP contribution in [0.2, 0.25) is 0 Å². The van der Waals surface area contributed by atoms with E-state index in [1.54, 1.807) is 5.51 Å². The van der Waals surface area contributed by atoms with Crippen LogP contribution >= 0.6 is 11.3 Å². The van der Waals surface area contributed by atoms with E-state index in [1.165, 1.54) is 17.4 Å². The molecule has 0 saturated carbocycles. The summed E-state index contributed by atoms with van der Waals surface area (Å²) in [5.41, 5.74) is 2.44. The number of halogens is 1. The summed E-state index contributed by atoms with van der Waals surface area (Å²) in [5, 5.41) is 10.8. The van der Waals surface area contributed by atoms with Gasteiger partial charge in [0.2, 0.25) is 10.0 Å². The lowest BCUT2D eigenvalue weighted by molar-refractivity contribution is 0.275. The number of thiazole rings is 1. The Hall–Kier alpha value is -1.35. The van der Waals surface area contributed by atoms with Gasteiger partial charge in [0.25, 0.3) is 0 Å². The van der Waals surface area contributed by atoms with Crippen molar-refractivity contribution in [1.82, 2.24) is 9.71 Å². The second-order valence-electron chi connectivity index (χ2n) is 4.04. The summed E-state index contributed by atoms with van der Waals surface area (Å²) in [6.07, 6.45) is 0.483. The van der Waals surface area contributed by atoms with Crippen molar-refractivity contribution < 1.29 is 17.9 Å². The highest BCUT2D eigenvalue weighted by Gasteiger charge is 2.15. The molecule has 0 spiro atoms. The van der Waals surface area contributed by atoms with E-state index in [0.717, 1.165) is 17.8 Å². The quantitative estimate of drug-likeness (QED) is 0.842. The number of aliphatic hydroxyl groups is 1. The van der Waals surface area contributed by atoms with Crippen molar-refractivity contribution in [1.29, 1.82) is 0 Å². The highest BCUT2D eigenvalue weighted by atomic mass is 32.2. The predicted molar refractivity (Wildman–Crippen MR) is 73.3 cm³/mol. The number of hydrogen-bond acceptors (Lipinski definition) is 5. The van der Waals surface area contributed by atoms with Crippen molar-refractivity contribution in [2.45, 2.75) is 17.9 Å². The van der Waals surface area contributed by atoms with Crippen LogP contribution in [0.3, 0.4) is 0 Å². The fourth-order valence-corrected chi connectivity index (χ4v) is 3.27. The van der Waals surface area contributed by atoms with Crippen LogP contribution in [-0.4, -0.2) is 25.1 Å². The smallest absolute Gasteiger partial charge is 0.240 e. The zero-order valence-electron chi connectivity index (χ0n) is 10.4. The molecule has 0 aliphatic rings. The first-order valence-electron chi connectivity index (χ1n) is 5.79. The van der Waals surface area contributed by atoms with Crippen LogP contribution in [0.4, 0.5) is 4.39 Å². The third kappa shape index (κ3) is 3.60. The molecule has 1 aromatic carbocycles. The van der Waals surface area contributed by atoms with E-state index in [0.29, 0.717) is 6.42 Å². The van der Waals surface area contributed by atoms with E-state index in [2.05, 4.69) is 9.71 Å². The summed E-state index contributed by atoms with van der Waals surface area (Å²) in [4.78, 5) is 3.98. The second kappa shape index (κ2) is 6.40. The summed E-state index contributed by atoms with van der Waals surface area (Å²) >= 11 is 1.44. The number of benzene rings is 1. The molecule has 108 valence electrons. The Morgan fingerprint density at radius 2 is 2.20 bits per heavy atom. The van der Waals surface area contributed by atoms with Crippen LogP contribution in [0, 0.1) is 5.82 Å². The molecule has 0 atom stereocenters. The third-order valence-corrected chi connectivity index (χ3v) is 4.75. The van der Waals surface area contributed by atoms with Crippen LogP contribution in [0.15, 0.2) is 34.0 Å². The van der Waals surface area contributed by atoms with E-state index in [9.17, 15) is 12.8 Å².